The van der Waals surface area contributed by atoms with Crippen molar-refractivity contribution in [2.45, 2.75) is 32.4 Å². The molecule has 7 nitrogen and oxygen atoms in total. The highest BCUT2D eigenvalue weighted by Crippen LogP contribution is 2.19. The van der Waals surface area contributed by atoms with Crippen molar-refractivity contribution >= 4 is 17.0 Å². The zero-order valence-electron chi connectivity index (χ0n) is 15.6. The minimum absolute atomic E-state index is 0.0800. The van der Waals surface area contributed by atoms with Crippen LogP contribution < -0.4 is 5.32 Å². The van der Waals surface area contributed by atoms with Gasteiger partial charge in [-0.15, -0.1) is 0 Å². The van der Waals surface area contributed by atoms with Crippen molar-refractivity contribution in [2.24, 2.45) is 0 Å². The number of rotatable bonds is 7. The maximum atomic E-state index is 12.5. The topological polar surface area (TPSA) is 85.8 Å². The van der Waals surface area contributed by atoms with Gasteiger partial charge in [-0.1, -0.05) is 30.3 Å². The number of benzene rings is 2. The van der Waals surface area contributed by atoms with Crippen LogP contribution in [0, 0.1) is 0 Å². The van der Waals surface area contributed by atoms with Crippen molar-refractivity contribution in [2.75, 3.05) is 0 Å². The molecule has 1 unspecified atom stereocenters. The standard InChI is InChI=1S/C21H21N5O2/c1-15(12-26-14-22-13-23-26)24-21(27)17-8-9-19-18(11-17)25-20(28-19)10-7-16-5-3-2-4-6-16/h2-6,8-9,11,13-15H,7,10,12H2,1H3,(H,24,27). The van der Waals surface area contributed by atoms with Crippen molar-refractivity contribution < 1.29 is 9.21 Å². The molecule has 2 aromatic carbocycles. The molecule has 0 aliphatic rings. The van der Waals surface area contributed by atoms with Crippen molar-refractivity contribution in [3.63, 3.8) is 0 Å². The van der Waals surface area contributed by atoms with Gasteiger partial charge in [-0.05, 0) is 37.1 Å². The normalized spacial score (nSPS) is 12.2. The van der Waals surface area contributed by atoms with Crippen molar-refractivity contribution in [1.29, 1.82) is 0 Å². The summed E-state index contributed by atoms with van der Waals surface area (Å²) in [5.41, 5.74) is 3.18. The number of amides is 1. The smallest absolute Gasteiger partial charge is 0.251 e. The first kappa shape index (κ1) is 17.9. The number of fused-ring (bicyclic) bond motifs is 1. The van der Waals surface area contributed by atoms with E-state index in [1.165, 1.54) is 11.9 Å². The molecule has 0 saturated heterocycles. The summed E-state index contributed by atoms with van der Waals surface area (Å²) in [5, 5.41) is 7.02. The van der Waals surface area contributed by atoms with Gasteiger partial charge in [-0.2, -0.15) is 5.10 Å². The lowest BCUT2D eigenvalue weighted by molar-refractivity contribution is 0.0936. The van der Waals surface area contributed by atoms with E-state index >= 15 is 0 Å². The van der Waals surface area contributed by atoms with Crippen molar-refractivity contribution in [3.8, 4) is 0 Å². The number of aryl methyl sites for hydroxylation is 2. The third-order valence-electron chi connectivity index (χ3n) is 4.47. The molecule has 1 atom stereocenters. The van der Waals surface area contributed by atoms with Crippen LogP contribution >= 0.6 is 0 Å². The molecule has 0 aliphatic heterocycles. The molecule has 4 rings (SSSR count). The van der Waals surface area contributed by atoms with Gasteiger partial charge < -0.3 is 9.73 Å². The number of hydrogen-bond acceptors (Lipinski definition) is 5. The Morgan fingerprint density at radius 1 is 1.18 bits per heavy atom. The number of carbonyl (C=O) groups excluding carboxylic acids is 1. The zero-order chi connectivity index (χ0) is 19.3. The third-order valence-corrected chi connectivity index (χ3v) is 4.47. The molecule has 0 aliphatic carbocycles. The molecule has 28 heavy (non-hydrogen) atoms. The van der Waals surface area contributed by atoms with Crippen LogP contribution in [0.1, 0.15) is 28.7 Å². The Morgan fingerprint density at radius 2 is 2.04 bits per heavy atom. The quantitative estimate of drug-likeness (QED) is 0.537. The van der Waals surface area contributed by atoms with E-state index < -0.39 is 0 Å². The first-order chi connectivity index (χ1) is 13.7. The molecule has 1 amide bonds. The van der Waals surface area contributed by atoms with Crippen LogP contribution in [0.3, 0.4) is 0 Å². The highest BCUT2D eigenvalue weighted by atomic mass is 16.3. The molecular weight excluding hydrogens is 354 g/mol. The zero-order valence-corrected chi connectivity index (χ0v) is 15.6. The van der Waals surface area contributed by atoms with Gasteiger partial charge in [0.25, 0.3) is 5.91 Å². The van der Waals surface area contributed by atoms with E-state index in [2.05, 4.69) is 32.5 Å². The van der Waals surface area contributed by atoms with Crippen LogP contribution in [0.2, 0.25) is 0 Å². The Labute approximate surface area is 162 Å². The van der Waals surface area contributed by atoms with Crippen molar-refractivity contribution in [1.82, 2.24) is 25.1 Å². The van der Waals surface area contributed by atoms with E-state index in [1.807, 2.05) is 25.1 Å². The molecule has 1 N–H and O–H groups in total. The summed E-state index contributed by atoms with van der Waals surface area (Å²) in [4.78, 5) is 21.0. The Kier molecular flexibility index (Phi) is 5.14. The maximum absolute atomic E-state index is 12.5. The first-order valence-electron chi connectivity index (χ1n) is 9.24. The molecule has 2 aromatic heterocycles. The number of carbonyl (C=O) groups is 1. The second-order valence-corrected chi connectivity index (χ2v) is 6.77. The summed E-state index contributed by atoms with van der Waals surface area (Å²) < 4.78 is 7.50. The predicted octanol–water partition coefficient (Wildman–Crippen LogP) is 3.02. The van der Waals surface area contributed by atoms with E-state index in [1.54, 1.807) is 29.2 Å². The maximum Gasteiger partial charge on any atom is 0.251 e. The average molecular weight is 375 g/mol. The van der Waals surface area contributed by atoms with E-state index in [0.29, 0.717) is 29.1 Å². The minimum Gasteiger partial charge on any atom is -0.441 e. The fourth-order valence-corrected chi connectivity index (χ4v) is 3.08. The second kappa shape index (κ2) is 8.04. The Balaban J connectivity index is 1.41. The van der Waals surface area contributed by atoms with Gasteiger partial charge in [0.1, 0.15) is 18.2 Å². The summed E-state index contributed by atoms with van der Waals surface area (Å²) in [5.74, 6) is 0.527. The predicted molar refractivity (Wildman–Crippen MR) is 105 cm³/mol. The lowest BCUT2D eigenvalue weighted by Gasteiger charge is -2.13. The largest absolute Gasteiger partial charge is 0.441 e. The Bertz CT molecular complexity index is 1060. The van der Waals surface area contributed by atoms with E-state index in [4.69, 9.17) is 4.42 Å². The summed E-state index contributed by atoms with van der Waals surface area (Å²) in [6, 6.07) is 15.5. The van der Waals surface area contributed by atoms with Crippen LogP contribution in [0.5, 0.6) is 0 Å². The Hall–Kier alpha value is -3.48. The number of hydrogen-bond donors (Lipinski definition) is 1. The van der Waals surface area contributed by atoms with E-state index in [9.17, 15) is 4.79 Å². The lowest BCUT2D eigenvalue weighted by Crippen LogP contribution is -2.35. The summed E-state index contributed by atoms with van der Waals surface area (Å²) in [6.07, 6.45) is 4.68. The molecule has 0 saturated carbocycles. The van der Waals surface area contributed by atoms with E-state index in [0.717, 1.165) is 12.8 Å². The molecule has 142 valence electrons. The molecule has 4 aromatic rings. The fraction of sp³-hybridized carbons (Fsp3) is 0.238. The number of aromatic nitrogens is 4. The molecule has 0 fully saturated rings. The molecule has 2 heterocycles. The highest BCUT2D eigenvalue weighted by Gasteiger charge is 2.13. The summed E-state index contributed by atoms with van der Waals surface area (Å²) in [6.45, 7) is 2.48. The van der Waals surface area contributed by atoms with Crippen LogP contribution in [0.4, 0.5) is 0 Å². The third kappa shape index (κ3) is 4.25. The number of oxazole rings is 1. The molecule has 0 radical (unpaired) electrons. The van der Waals surface area contributed by atoms with Crippen LogP contribution in [-0.2, 0) is 19.4 Å². The molecule has 0 bridgehead atoms. The minimum atomic E-state index is -0.150. The van der Waals surface area contributed by atoms with Crippen molar-refractivity contribution in [3.05, 3.63) is 78.2 Å². The van der Waals surface area contributed by atoms with Gasteiger partial charge >= 0.3 is 0 Å². The number of nitrogens with zero attached hydrogens (tertiary/aromatic N) is 4. The molecule has 7 heteroatoms. The van der Waals surface area contributed by atoms with Gasteiger partial charge in [-0.3, -0.25) is 9.48 Å². The fourth-order valence-electron chi connectivity index (χ4n) is 3.08. The summed E-state index contributed by atoms with van der Waals surface area (Å²) >= 11 is 0. The van der Waals surface area contributed by atoms with Gasteiger partial charge in [0.05, 0.1) is 6.54 Å². The van der Waals surface area contributed by atoms with Crippen LogP contribution in [-0.4, -0.2) is 31.7 Å². The number of nitrogens with one attached hydrogen (secondary N) is 1. The highest BCUT2D eigenvalue weighted by molar-refractivity contribution is 5.97. The van der Waals surface area contributed by atoms with Crippen LogP contribution in [0.25, 0.3) is 11.1 Å². The van der Waals surface area contributed by atoms with Gasteiger partial charge in [0, 0.05) is 18.0 Å². The first-order valence-corrected chi connectivity index (χ1v) is 9.24. The summed E-state index contributed by atoms with van der Waals surface area (Å²) in [7, 11) is 0. The SMILES string of the molecule is CC(Cn1cncn1)NC(=O)c1ccc2oc(CCc3ccccc3)nc2c1. The van der Waals surface area contributed by atoms with Gasteiger partial charge in [-0.25, -0.2) is 9.97 Å². The Morgan fingerprint density at radius 3 is 2.82 bits per heavy atom. The lowest BCUT2D eigenvalue weighted by atomic mass is 10.1. The van der Waals surface area contributed by atoms with Crippen LogP contribution in [0.15, 0.2) is 65.6 Å². The van der Waals surface area contributed by atoms with E-state index in [-0.39, 0.29) is 11.9 Å². The second-order valence-electron chi connectivity index (χ2n) is 6.77. The van der Waals surface area contributed by atoms with Gasteiger partial charge in [0.15, 0.2) is 11.5 Å². The average Bonchev–Trinajstić information content (AvgIpc) is 3.35. The molecule has 0 spiro atoms. The molecular formula is C21H21N5O2. The van der Waals surface area contributed by atoms with Gasteiger partial charge in [0.2, 0.25) is 0 Å². The monoisotopic (exact) mass is 375 g/mol.